The second-order valence-electron chi connectivity index (χ2n) is 6.35. The Hall–Kier alpha value is -1.88. The number of ether oxygens (including phenoxy) is 2. The maximum atomic E-state index is 11.7. The maximum Gasteiger partial charge on any atom is 0.339 e. The average molecular weight is 368 g/mol. The topological polar surface area (TPSA) is 78.9 Å². The summed E-state index contributed by atoms with van der Waals surface area (Å²) in [5, 5.41) is 0. The van der Waals surface area contributed by atoms with Crippen LogP contribution in [0.15, 0.2) is 30.3 Å². The van der Waals surface area contributed by atoms with Crippen LogP contribution in [0.1, 0.15) is 37.6 Å². The van der Waals surface area contributed by atoms with E-state index in [2.05, 4.69) is 11.8 Å². The molecule has 0 saturated heterocycles. The zero-order valence-electron chi connectivity index (χ0n) is 14.9. The van der Waals surface area contributed by atoms with Crippen LogP contribution >= 0.6 is 0 Å². The summed E-state index contributed by atoms with van der Waals surface area (Å²) in [6.45, 7) is 5.59. The van der Waals surface area contributed by atoms with Crippen LogP contribution in [0.4, 0.5) is 0 Å². The van der Waals surface area contributed by atoms with Crippen LogP contribution in [0.25, 0.3) is 0 Å². The molecule has 1 aromatic rings. The van der Waals surface area contributed by atoms with E-state index >= 15 is 0 Å². The largest absolute Gasteiger partial charge is 0.449 e. The monoisotopic (exact) mass is 368 g/mol. The quantitative estimate of drug-likeness (QED) is 0.418. The van der Waals surface area contributed by atoms with Gasteiger partial charge < -0.3 is 9.47 Å². The summed E-state index contributed by atoms with van der Waals surface area (Å²) >= 11 is 0. The molecule has 1 atom stereocenters. The Morgan fingerprint density at radius 1 is 1.16 bits per heavy atom. The number of esters is 1. The molecule has 7 heteroatoms. The molecule has 6 nitrogen and oxygen atoms in total. The lowest BCUT2D eigenvalue weighted by Gasteiger charge is -2.23. The third kappa shape index (κ3) is 10.6. The first-order chi connectivity index (χ1) is 11.6. The van der Waals surface area contributed by atoms with E-state index in [-0.39, 0.29) is 19.6 Å². The molecule has 0 fully saturated rings. The Labute approximate surface area is 149 Å². The molecular formula is C18H24O6S. The van der Waals surface area contributed by atoms with Crippen molar-refractivity contribution >= 4 is 16.1 Å². The van der Waals surface area contributed by atoms with E-state index in [1.807, 2.05) is 20.8 Å². The summed E-state index contributed by atoms with van der Waals surface area (Å²) in [5.41, 5.74) is 0.0266. The van der Waals surface area contributed by atoms with Crippen LogP contribution in [-0.4, -0.2) is 45.6 Å². The molecule has 0 aliphatic rings. The van der Waals surface area contributed by atoms with Crippen LogP contribution in [0.3, 0.4) is 0 Å². The molecular weight excluding hydrogens is 344 g/mol. The number of rotatable bonds is 7. The Balaban J connectivity index is 2.50. The van der Waals surface area contributed by atoms with Crippen LogP contribution < -0.4 is 0 Å². The van der Waals surface area contributed by atoms with E-state index in [9.17, 15) is 13.2 Å². The number of hydrogen-bond donors (Lipinski definition) is 0. The molecule has 0 saturated carbocycles. The smallest absolute Gasteiger partial charge is 0.339 e. The lowest BCUT2D eigenvalue weighted by atomic mass is 10.2. The molecule has 0 heterocycles. The van der Waals surface area contributed by atoms with Crippen molar-refractivity contribution in [3.63, 3.8) is 0 Å². The summed E-state index contributed by atoms with van der Waals surface area (Å²) in [5.74, 6) is 4.97. The fraction of sp³-hybridized carbons (Fsp3) is 0.500. The minimum Gasteiger partial charge on any atom is -0.449 e. The molecule has 0 spiro atoms. The minimum atomic E-state index is -3.62. The maximum absolute atomic E-state index is 11.7. The van der Waals surface area contributed by atoms with Gasteiger partial charge in [0.2, 0.25) is 0 Å². The SMILES string of the molecule is CC(C)(C)OCC(CC#CCOC(=O)c1ccccc1)OS(C)(=O)=O. The van der Waals surface area contributed by atoms with E-state index in [0.717, 1.165) is 6.26 Å². The van der Waals surface area contributed by atoms with Crippen LogP contribution in [0.5, 0.6) is 0 Å². The van der Waals surface area contributed by atoms with Gasteiger partial charge in [-0.05, 0) is 32.9 Å². The molecule has 1 rings (SSSR count). The van der Waals surface area contributed by atoms with Gasteiger partial charge in [-0.2, -0.15) is 8.42 Å². The number of benzene rings is 1. The standard InChI is InChI=1S/C18H24O6S/c1-18(2,3)23-14-16(24-25(4,20)21)12-8-9-13-22-17(19)15-10-6-5-7-11-15/h5-7,10-11,16H,12-14H2,1-4H3. The summed E-state index contributed by atoms with van der Waals surface area (Å²) in [7, 11) is -3.62. The second-order valence-corrected chi connectivity index (χ2v) is 7.95. The lowest BCUT2D eigenvalue weighted by Crippen LogP contribution is -2.29. The van der Waals surface area contributed by atoms with Crippen molar-refractivity contribution in [2.75, 3.05) is 19.5 Å². The number of carbonyl (C=O) groups excluding carboxylic acids is 1. The first kappa shape index (κ1) is 21.2. The van der Waals surface area contributed by atoms with Gasteiger partial charge in [-0.3, -0.25) is 4.18 Å². The molecule has 0 radical (unpaired) electrons. The van der Waals surface area contributed by atoms with Crippen LogP contribution in [0.2, 0.25) is 0 Å². The molecule has 0 aromatic heterocycles. The highest BCUT2D eigenvalue weighted by Crippen LogP contribution is 2.11. The Kier molecular flexibility index (Phi) is 8.10. The Morgan fingerprint density at radius 3 is 2.36 bits per heavy atom. The van der Waals surface area contributed by atoms with E-state index in [1.165, 1.54) is 0 Å². The highest BCUT2D eigenvalue weighted by Gasteiger charge is 2.19. The zero-order chi connectivity index (χ0) is 18.9. The minimum absolute atomic E-state index is 0.0839. The van der Waals surface area contributed by atoms with Gasteiger partial charge in [0.15, 0.2) is 6.61 Å². The van der Waals surface area contributed by atoms with E-state index < -0.39 is 27.8 Å². The van der Waals surface area contributed by atoms with Crippen molar-refractivity contribution in [2.45, 2.75) is 38.9 Å². The van der Waals surface area contributed by atoms with Crippen LogP contribution in [0, 0.1) is 11.8 Å². The Bertz CT molecular complexity index is 707. The van der Waals surface area contributed by atoms with Gasteiger partial charge in [0.25, 0.3) is 10.1 Å². The molecule has 1 aromatic carbocycles. The van der Waals surface area contributed by atoms with E-state index in [0.29, 0.717) is 5.56 Å². The molecule has 0 aliphatic carbocycles. The number of hydrogen-bond acceptors (Lipinski definition) is 6. The first-order valence-electron chi connectivity index (χ1n) is 7.77. The molecule has 0 bridgehead atoms. The van der Waals surface area contributed by atoms with Gasteiger partial charge in [0.1, 0.15) is 6.10 Å². The summed E-state index contributed by atoms with van der Waals surface area (Å²) in [6.07, 6.45) is 0.407. The van der Waals surface area contributed by atoms with E-state index in [1.54, 1.807) is 30.3 Å². The van der Waals surface area contributed by atoms with Gasteiger partial charge in [-0.1, -0.05) is 30.0 Å². The van der Waals surface area contributed by atoms with Gasteiger partial charge >= 0.3 is 5.97 Å². The highest BCUT2D eigenvalue weighted by atomic mass is 32.2. The van der Waals surface area contributed by atoms with Crippen molar-refractivity contribution in [3.8, 4) is 11.8 Å². The predicted octanol–water partition coefficient (Wildman–Crippen LogP) is 2.40. The van der Waals surface area contributed by atoms with Crippen molar-refractivity contribution in [1.29, 1.82) is 0 Å². The van der Waals surface area contributed by atoms with Gasteiger partial charge in [0.05, 0.1) is 24.0 Å². The second kappa shape index (κ2) is 9.56. The first-order valence-corrected chi connectivity index (χ1v) is 9.58. The fourth-order valence-electron chi connectivity index (χ4n) is 1.71. The van der Waals surface area contributed by atoms with Gasteiger partial charge in [0, 0.05) is 6.42 Å². The summed E-state index contributed by atoms with van der Waals surface area (Å²) in [4.78, 5) is 11.7. The normalized spacial score (nSPS) is 12.8. The third-order valence-corrected chi connectivity index (χ3v) is 3.37. The molecule has 0 N–H and O–H groups in total. The molecule has 138 valence electrons. The fourth-order valence-corrected chi connectivity index (χ4v) is 2.33. The molecule has 0 aliphatic heterocycles. The third-order valence-electron chi connectivity index (χ3n) is 2.75. The van der Waals surface area contributed by atoms with Crippen molar-refractivity contribution in [1.82, 2.24) is 0 Å². The molecule has 0 amide bonds. The van der Waals surface area contributed by atoms with Crippen molar-refractivity contribution < 1.29 is 26.9 Å². The van der Waals surface area contributed by atoms with Gasteiger partial charge in [-0.15, -0.1) is 0 Å². The summed E-state index contributed by atoms with van der Waals surface area (Å²) < 4.78 is 38.1. The predicted molar refractivity (Wildman–Crippen MR) is 94.5 cm³/mol. The van der Waals surface area contributed by atoms with Crippen molar-refractivity contribution in [2.24, 2.45) is 0 Å². The number of carbonyl (C=O) groups is 1. The zero-order valence-corrected chi connectivity index (χ0v) is 15.8. The molecule has 25 heavy (non-hydrogen) atoms. The summed E-state index contributed by atoms with van der Waals surface area (Å²) in [6, 6.07) is 8.58. The van der Waals surface area contributed by atoms with Crippen molar-refractivity contribution in [3.05, 3.63) is 35.9 Å². The average Bonchev–Trinajstić information content (AvgIpc) is 2.50. The van der Waals surface area contributed by atoms with Gasteiger partial charge in [-0.25, -0.2) is 4.79 Å². The Morgan fingerprint density at radius 2 is 1.80 bits per heavy atom. The molecule has 1 unspecified atom stereocenters. The van der Waals surface area contributed by atoms with Crippen LogP contribution in [-0.2, 0) is 23.8 Å². The van der Waals surface area contributed by atoms with E-state index in [4.69, 9.17) is 13.7 Å². The highest BCUT2D eigenvalue weighted by molar-refractivity contribution is 7.86. The lowest BCUT2D eigenvalue weighted by molar-refractivity contribution is -0.0390.